The number of ether oxygens (including phenoxy) is 1. The Morgan fingerprint density at radius 2 is 1.65 bits per heavy atom. The highest BCUT2D eigenvalue weighted by atomic mass is 16.5. The van der Waals surface area contributed by atoms with Gasteiger partial charge in [0.1, 0.15) is 5.78 Å². The third-order valence-corrected chi connectivity index (χ3v) is 2.57. The summed E-state index contributed by atoms with van der Waals surface area (Å²) in [6.07, 6.45) is 7.85. The minimum Gasteiger partial charge on any atom is -0.379 e. The fourth-order valence-electron chi connectivity index (χ4n) is 1.64. The van der Waals surface area contributed by atoms with E-state index in [4.69, 9.17) is 4.74 Å². The van der Waals surface area contributed by atoms with Crippen molar-refractivity contribution in [2.24, 2.45) is 0 Å². The van der Waals surface area contributed by atoms with E-state index in [1.807, 2.05) is 0 Å². The van der Waals surface area contributed by atoms with Gasteiger partial charge in [0.2, 0.25) is 0 Å². The van der Waals surface area contributed by atoms with E-state index in [0.717, 1.165) is 13.2 Å². The molecule has 0 atom stereocenters. The highest BCUT2D eigenvalue weighted by molar-refractivity contribution is 5.77. The van der Waals surface area contributed by atoms with Gasteiger partial charge in [-0.1, -0.05) is 25.7 Å². The average molecular weight is 243 g/mol. The summed E-state index contributed by atoms with van der Waals surface area (Å²) in [5.74, 6) is 0.218. The van der Waals surface area contributed by atoms with Gasteiger partial charge in [0.15, 0.2) is 0 Å². The van der Waals surface area contributed by atoms with Crippen molar-refractivity contribution in [3.63, 3.8) is 0 Å². The molecule has 0 aliphatic heterocycles. The first-order valence-electron chi connectivity index (χ1n) is 6.94. The molecule has 3 heteroatoms. The second-order valence-corrected chi connectivity index (χ2v) is 4.92. The summed E-state index contributed by atoms with van der Waals surface area (Å²) < 4.78 is 5.48. The Hall–Kier alpha value is -0.410. The number of Topliss-reactive ketones (excluding diaryl/α,β-unsaturated/α-hetero) is 1. The first-order chi connectivity index (χ1) is 8.13. The van der Waals surface area contributed by atoms with Gasteiger partial charge in [-0.2, -0.15) is 0 Å². The van der Waals surface area contributed by atoms with Crippen molar-refractivity contribution in [1.82, 2.24) is 5.32 Å². The molecule has 0 rings (SSSR count). The maximum atomic E-state index is 10.7. The molecule has 0 aromatic carbocycles. The molecule has 0 aliphatic carbocycles. The first kappa shape index (κ1) is 16.6. The number of nitrogens with one attached hydrogen (secondary N) is 1. The highest BCUT2D eigenvalue weighted by Gasteiger charge is 1.95. The predicted molar refractivity (Wildman–Crippen MR) is 72.3 cm³/mol. The van der Waals surface area contributed by atoms with Crippen LogP contribution >= 0.6 is 0 Å². The highest BCUT2D eigenvalue weighted by Crippen LogP contribution is 2.05. The molecule has 0 bridgehead atoms. The van der Waals surface area contributed by atoms with Crippen LogP contribution in [-0.4, -0.2) is 31.6 Å². The first-order valence-corrected chi connectivity index (χ1v) is 6.94. The molecule has 17 heavy (non-hydrogen) atoms. The molecular formula is C14H29NO2. The quantitative estimate of drug-likeness (QED) is 0.536. The van der Waals surface area contributed by atoms with Crippen LogP contribution in [0.1, 0.15) is 59.3 Å². The van der Waals surface area contributed by atoms with Crippen LogP contribution in [0, 0.1) is 0 Å². The van der Waals surface area contributed by atoms with E-state index < -0.39 is 0 Å². The predicted octanol–water partition coefficient (Wildman–Crippen LogP) is 2.93. The van der Waals surface area contributed by atoms with E-state index in [1.165, 1.54) is 38.5 Å². The number of carbonyl (C=O) groups is 1. The lowest BCUT2D eigenvalue weighted by atomic mass is 10.1. The van der Waals surface area contributed by atoms with Crippen molar-refractivity contribution in [2.45, 2.75) is 65.4 Å². The van der Waals surface area contributed by atoms with Gasteiger partial charge in [0, 0.05) is 6.61 Å². The summed E-state index contributed by atoms with van der Waals surface area (Å²) in [6, 6.07) is 0. The lowest BCUT2D eigenvalue weighted by molar-refractivity contribution is -0.116. The molecule has 0 aliphatic rings. The Morgan fingerprint density at radius 3 is 2.24 bits per heavy atom. The molecule has 0 spiro atoms. The van der Waals surface area contributed by atoms with Crippen LogP contribution in [0.3, 0.4) is 0 Å². The van der Waals surface area contributed by atoms with Crippen LogP contribution in [0.15, 0.2) is 0 Å². The van der Waals surface area contributed by atoms with Gasteiger partial charge in [-0.3, -0.25) is 4.79 Å². The number of carbonyl (C=O) groups excluding carboxylic acids is 1. The molecule has 0 unspecified atom stereocenters. The number of hydrogen-bond acceptors (Lipinski definition) is 3. The standard InChI is InChI=1S/C14H29NO2/c1-13(2)17-11-9-7-5-4-6-8-10-15-12-14(3)16/h13,15H,4-12H2,1-3H3. The van der Waals surface area contributed by atoms with E-state index in [2.05, 4.69) is 19.2 Å². The lowest BCUT2D eigenvalue weighted by Gasteiger charge is -2.07. The molecular weight excluding hydrogens is 214 g/mol. The van der Waals surface area contributed by atoms with Gasteiger partial charge in [0.05, 0.1) is 12.6 Å². The molecule has 0 aromatic heterocycles. The van der Waals surface area contributed by atoms with Crippen LogP contribution in [0.2, 0.25) is 0 Å². The number of rotatable bonds is 12. The van der Waals surface area contributed by atoms with E-state index >= 15 is 0 Å². The summed E-state index contributed by atoms with van der Waals surface area (Å²) in [5, 5.41) is 3.14. The normalized spacial score (nSPS) is 11.1. The van der Waals surface area contributed by atoms with Crippen molar-refractivity contribution >= 4 is 5.78 Å². The van der Waals surface area contributed by atoms with Gasteiger partial charge in [-0.25, -0.2) is 0 Å². The van der Waals surface area contributed by atoms with Crippen molar-refractivity contribution in [3.8, 4) is 0 Å². The molecule has 0 fully saturated rings. The maximum Gasteiger partial charge on any atom is 0.143 e. The van der Waals surface area contributed by atoms with E-state index in [0.29, 0.717) is 12.6 Å². The van der Waals surface area contributed by atoms with Gasteiger partial charge in [0.25, 0.3) is 0 Å². The molecule has 3 nitrogen and oxygen atoms in total. The molecule has 102 valence electrons. The number of unbranched alkanes of at least 4 members (excludes halogenated alkanes) is 5. The zero-order valence-electron chi connectivity index (χ0n) is 11.8. The molecule has 0 saturated carbocycles. The van der Waals surface area contributed by atoms with Crippen LogP contribution < -0.4 is 5.32 Å². The summed E-state index contributed by atoms with van der Waals surface area (Å²) in [6.45, 7) is 8.16. The second kappa shape index (κ2) is 12.1. The molecule has 0 heterocycles. The molecule has 0 aromatic rings. The Kier molecular flexibility index (Phi) is 11.8. The zero-order valence-corrected chi connectivity index (χ0v) is 11.8. The molecule has 0 saturated heterocycles. The average Bonchev–Trinajstić information content (AvgIpc) is 2.25. The van der Waals surface area contributed by atoms with E-state index in [1.54, 1.807) is 6.92 Å². The van der Waals surface area contributed by atoms with Crippen LogP contribution in [0.5, 0.6) is 0 Å². The lowest BCUT2D eigenvalue weighted by Crippen LogP contribution is -2.21. The third-order valence-electron chi connectivity index (χ3n) is 2.57. The Balaban J connectivity index is 2.96. The largest absolute Gasteiger partial charge is 0.379 e. The van der Waals surface area contributed by atoms with Gasteiger partial charge in [-0.05, 0) is 40.2 Å². The molecule has 1 N–H and O–H groups in total. The van der Waals surface area contributed by atoms with Crippen LogP contribution in [0.4, 0.5) is 0 Å². The van der Waals surface area contributed by atoms with E-state index in [9.17, 15) is 4.79 Å². The van der Waals surface area contributed by atoms with Gasteiger partial charge < -0.3 is 10.1 Å². The van der Waals surface area contributed by atoms with E-state index in [-0.39, 0.29) is 5.78 Å². The minimum absolute atomic E-state index is 0.218. The van der Waals surface area contributed by atoms with Crippen LogP contribution in [0.25, 0.3) is 0 Å². The molecule has 0 amide bonds. The Bertz CT molecular complexity index is 181. The van der Waals surface area contributed by atoms with Gasteiger partial charge >= 0.3 is 0 Å². The zero-order chi connectivity index (χ0) is 12.9. The summed E-state index contributed by atoms with van der Waals surface area (Å²) in [7, 11) is 0. The number of ketones is 1. The Labute approximate surface area is 106 Å². The summed E-state index contributed by atoms with van der Waals surface area (Å²) in [5.41, 5.74) is 0. The second-order valence-electron chi connectivity index (χ2n) is 4.92. The third kappa shape index (κ3) is 15.6. The van der Waals surface area contributed by atoms with Crippen LogP contribution in [-0.2, 0) is 9.53 Å². The summed E-state index contributed by atoms with van der Waals surface area (Å²) in [4.78, 5) is 10.7. The van der Waals surface area contributed by atoms with Crippen molar-refractivity contribution in [3.05, 3.63) is 0 Å². The van der Waals surface area contributed by atoms with Gasteiger partial charge in [-0.15, -0.1) is 0 Å². The number of hydrogen-bond donors (Lipinski definition) is 1. The maximum absolute atomic E-state index is 10.7. The monoisotopic (exact) mass is 243 g/mol. The smallest absolute Gasteiger partial charge is 0.143 e. The SMILES string of the molecule is CC(=O)CNCCCCCCCCOC(C)C. The van der Waals surface area contributed by atoms with Crippen molar-refractivity contribution < 1.29 is 9.53 Å². The minimum atomic E-state index is 0.218. The fourth-order valence-corrected chi connectivity index (χ4v) is 1.64. The fraction of sp³-hybridized carbons (Fsp3) is 0.929. The molecule has 0 radical (unpaired) electrons. The van der Waals surface area contributed by atoms with Crippen molar-refractivity contribution in [1.29, 1.82) is 0 Å². The topological polar surface area (TPSA) is 38.3 Å². The Morgan fingerprint density at radius 1 is 1.06 bits per heavy atom. The van der Waals surface area contributed by atoms with Crippen molar-refractivity contribution in [2.75, 3.05) is 19.7 Å². The summed E-state index contributed by atoms with van der Waals surface area (Å²) >= 11 is 0.